The lowest BCUT2D eigenvalue weighted by molar-refractivity contribution is -0.141. The minimum absolute atomic E-state index is 0.0172. The standard InChI is InChI=1S/C18H18O5S/c1-4-10(18(20)21)6-13(19)16-7-11-12-5-9(2)23-17(12)14(22-3)8-15(11)24-16/h5,7-8,10H,4,6H2,1-3H3,(H,20,21)/t10-/m0/s1. The Balaban J connectivity index is 2.06. The number of rotatable bonds is 6. The Kier molecular flexibility index (Phi) is 4.32. The maximum atomic E-state index is 12.5. The highest BCUT2D eigenvalue weighted by Crippen LogP contribution is 2.39. The number of ketones is 1. The van der Waals surface area contributed by atoms with Gasteiger partial charge in [0.05, 0.1) is 17.9 Å². The number of methoxy groups -OCH3 is 1. The molecule has 1 atom stereocenters. The molecule has 6 heteroatoms. The van der Waals surface area contributed by atoms with E-state index in [0.717, 1.165) is 21.2 Å². The van der Waals surface area contributed by atoms with Crippen LogP contribution in [0.15, 0.2) is 22.6 Å². The smallest absolute Gasteiger partial charge is 0.306 e. The van der Waals surface area contributed by atoms with E-state index >= 15 is 0 Å². The van der Waals surface area contributed by atoms with Gasteiger partial charge in [-0.3, -0.25) is 9.59 Å². The summed E-state index contributed by atoms with van der Waals surface area (Å²) < 4.78 is 12.0. The van der Waals surface area contributed by atoms with Crippen molar-refractivity contribution in [3.63, 3.8) is 0 Å². The van der Waals surface area contributed by atoms with Gasteiger partial charge in [-0.05, 0) is 25.5 Å². The van der Waals surface area contributed by atoms with Crippen molar-refractivity contribution in [1.82, 2.24) is 0 Å². The first-order chi connectivity index (χ1) is 11.4. The summed E-state index contributed by atoms with van der Waals surface area (Å²) in [6.45, 7) is 3.64. The number of hydrogen-bond acceptors (Lipinski definition) is 5. The van der Waals surface area contributed by atoms with Crippen molar-refractivity contribution in [2.24, 2.45) is 5.92 Å². The number of aryl methyl sites for hydroxylation is 1. The van der Waals surface area contributed by atoms with E-state index in [4.69, 9.17) is 14.3 Å². The highest BCUT2D eigenvalue weighted by molar-refractivity contribution is 7.21. The highest BCUT2D eigenvalue weighted by atomic mass is 32.1. The number of benzene rings is 1. The Labute approximate surface area is 142 Å². The second kappa shape index (κ2) is 6.28. The van der Waals surface area contributed by atoms with Crippen LogP contribution in [0.3, 0.4) is 0 Å². The van der Waals surface area contributed by atoms with Gasteiger partial charge in [-0.15, -0.1) is 11.3 Å². The van der Waals surface area contributed by atoms with Gasteiger partial charge in [0.15, 0.2) is 17.1 Å². The van der Waals surface area contributed by atoms with E-state index in [0.29, 0.717) is 22.6 Å². The topological polar surface area (TPSA) is 76.7 Å². The summed E-state index contributed by atoms with van der Waals surface area (Å²) in [4.78, 5) is 24.2. The molecule has 0 amide bonds. The first-order valence-electron chi connectivity index (χ1n) is 7.71. The summed E-state index contributed by atoms with van der Waals surface area (Å²) in [5.74, 6) is -0.317. The van der Waals surface area contributed by atoms with E-state index in [1.54, 1.807) is 14.0 Å². The van der Waals surface area contributed by atoms with Crippen LogP contribution in [0.4, 0.5) is 0 Å². The van der Waals surface area contributed by atoms with Crippen LogP contribution in [-0.2, 0) is 4.79 Å². The molecule has 0 saturated carbocycles. The molecule has 1 N–H and O–H groups in total. The molecule has 0 unspecified atom stereocenters. The van der Waals surface area contributed by atoms with Crippen LogP contribution < -0.4 is 4.74 Å². The van der Waals surface area contributed by atoms with Crippen LogP contribution in [-0.4, -0.2) is 24.0 Å². The summed E-state index contributed by atoms with van der Waals surface area (Å²) in [5.41, 5.74) is 0.663. The molecule has 0 saturated heterocycles. The second-order valence-corrected chi connectivity index (χ2v) is 6.86. The molecule has 3 aromatic rings. The van der Waals surface area contributed by atoms with Crippen molar-refractivity contribution < 1.29 is 23.8 Å². The zero-order chi connectivity index (χ0) is 17.4. The lowest BCUT2D eigenvalue weighted by Gasteiger charge is -2.06. The van der Waals surface area contributed by atoms with Crippen molar-refractivity contribution in [3.05, 3.63) is 28.8 Å². The van der Waals surface area contributed by atoms with Crippen molar-refractivity contribution >= 4 is 44.1 Å². The molecule has 0 aliphatic carbocycles. The fourth-order valence-corrected chi connectivity index (χ4v) is 3.88. The lowest BCUT2D eigenvalue weighted by Crippen LogP contribution is -2.16. The van der Waals surface area contributed by atoms with E-state index in [9.17, 15) is 9.59 Å². The molecule has 2 aromatic heterocycles. The van der Waals surface area contributed by atoms with Gasteiger partial charge in [0.25, 0.3) is 0 Å². The van der Waals surface area contributed by atoms with Gasteiger partial charge in [0, 0.05) is 28.0 Å². The Hall–Kier alpha value is -2.34. The Morgan fingerprint density at radius 3 is 2.67 bits per heavy atom. The van der Waals surface area contributed by atoms with E-state index in [2.05, 4.69) is 0 Å². The summed E-state index contributed by atoms with van der Waals surface area (Å²) in [5, 5.41) is 11.0. The molecule has 5 nitrogen and oxygen atoms in total. The quantitative estimate of drug-likeness (QED) is 0.658. The lowest BCUT2D eigenvalue weighted by atomic mass is 9.99. The number of ether oxygens (including phenoxy) is 1. The first-order valence-corrected chi connectivity index (χ1v) is 8.53. The number of carboxylic acids is 1. The van der Waals surface area contributed by atoms with Crippen molar-refractivity contribution in [2.45, 2.75) is 26.7 Å². The van der Waals surface area contributed by atoms with Crippen molar-refractivity contribution in [3.8, 4) is 5.75 Å². The molecule has 0 bridgehead atoms. The Bertz CT molecular complexity index is 934. The molecule has 1 aromatic carbocycles. The van der Waals surface area contributed by atoms with Gasteiger partial charge in [-0.2, -0.15) is 0 Å². The zero-order valence-corrected chi connectivity index (χ0v) is 14.5. The number of carbonyl (C=O) groups excluding carboxylic acids is 1. The van der Waals surface area contributed by atoms with Crippen LogP contribution in [0.1, 0.15) is 35.2 Å². The minimum atomic E-state index is -0.929. The number of furan rings is 1. The maximum Gasteiger partial charge on any atom is 0.306 e. The third-order valence-electron chi connectivity index (χ3n) is 4.16. The third-order valence-corrected chi connectivity index (χ3v) is 5.28. The largest absolute Gasteiger partial charge is 0.493 e. The molecule has 2 heterocycles. The van der Waals surface area contributed by atoms with Gasteiger partial charge < -0.3 is 14.3 Å². The fraction of sp³-hybridized carbons (Fsp3) is 0.333. The highest BCUT2D eigenvalue weighted by Gasteiger charge is 2.22. The molecule has 0 spiro atoms. The maximum absolute atomic E-state index is 12.5. The van der Waals surface area contributed by atoms with Crippen LogP contribution >= 0.6 is 11.3 Å². The summed E-state index contributed by atoms with van der Waals surface area (Å²) in [7, 11) is 1.58. The number of Topliss-reactive ketones (excluding diaryl/α,β-unsaturated/α-hetero) is 1. The van der Waals surface area contributed by atoms with E-state index in [-0.39, 0.29) is 12.2 Å². The molecular weight excluding hydrogens is 328 g/mol. The number of carbonyl (C=O) groups is 2. The predicted molar refractivity (Wildman–Crippen MR) is 93.3 cm³/mol. The monoisotopic (exact) mass is 346 g/mol. The predicted octanol–water partition coefficient (Wildman–Crippen LogP) is 4.65. The van der Waals surface area contributed by atoms with Gasteiger partial charge in [-0.25, -0.2) is 0 Å². The van der Waals surface area contributed by atoms with E-state index in [1.165, 1.54) is 11.3 Å². The Morgan fingerprint density at radius 1 is 1.29 bits per heavy atom. The van der Waals surface area contributed by atoms with Gasteiger partial charge in [0.1, 0.15) is 5.76 Å². The number of aliphatic carboxylic acids is 1. The van der Waals surface area contributed by atoms with Crippen molar-refractivity contribution in [1.29, 1.82) is 0 Å². The number of carboxylic acid groups (broad SMARTS) is 1. The second-order valence-electron chi connectivity index (χ2n) is 5.77. The van der Waals surface area contributed by atoms with Crippen LogP contribution in [0.25, 0.3) is 21.1 Å². The zero-order valence-electron chi connectivity index (χ0n) is 13.7. The van der Waals surface area contributed by atoms with Gasteiger partial charge >= 0.3 is 5.97 Å². The SMILES string of the molecule is CC[C@@H](CC(=O)c1cc2c(cc(OC)c3oc(C)cc32)s1)C(=O)O. The first kappa shape index (κ1) is 16.5. The molecule has 0 fully saturated rings. The molecule has 0 aliphatic heterocycles. The van der Waals surface area contributed by atoms with Gasteiger partial charge in [0.2, 0.25) is 0 Å². The average molecular weight is 346 g/mol. The van der Waals surface area contributed by atoms with Crippen LogP contribution in [0, 0.1) is 12.8 Å². The van der Waals surface area contributed by atoms with Crippen molar-refractivity contribution in [2.75, 3.05) is 7.11 Å². The molecular formula is C18H18O5S. The van der Waals surface area contributed by atoms with Crippen LogP contribution in [0.5, 0.6) is 5.75 Å². The summed E-state index contributed by atoms with van der Waals surface area (Å²) in [6.07, 6.45) is 0.453. The minimum Gasteiger partial charge on any atom is -0.493 e. The molecule has 0 aliphatic rings. The molecule has 3 rings (SSSR count). The third kappa shape index (κ3) is 2.78. The summed E-state index contributed by atoms with van der Waals surface area (Å²) in [6, 6.07) is 5.61. The van der Waals surface area contributed by atoms with Gasteiger partial charge in [-0.1, -0.05) is 6.92 Å². The van der Waals surface area contributed by atoms with E-state index in [1.807, 2.05) is 25.1 Å². The Morgan fingerprint density at radius 2 is 2.04 bits per heavy atom. The normalized spacial score (nSPS) is 12.6. The molecule has 0 radical (unpaired) electrons. The average Bonchev–Trinajstić information content (AvgIpc) is 3.13. The number of fused-ring (bicyclic) bond motifs is 3. The van der Waals surface area contributed by atoms with Crippen LogP contribution in [0.2, 0.25) is 0 Å². The number of hydrogen-bond donors (Lipinski definition) is 1. The van der Waals surface area contributed by atoms with E-state index < -0.39 is 11.9 Å². The summed E-state index contributed by atoms with van der Waals surface area (Å²) >= 11 is 1.36. The number of thiophene rings is 1. The fourth-order valence-electron chi connectivity index (χ4n) is 2.82. The molecule has 24 heavy (non-hydrogen) atoms. The molecule has 126 valence electrons.